The number of carbonyl (C=O) groups excluding carboxylic acids is 1. The molecule has 9 nitrogen and oxygen atoms in total. The average molecular weight is 394 g/mol. The maximum absolute atomic E-state index is 12.5. The van der Waals surface area contributed by atoms with Gasteiger partial charge in [-0.15, -0.1) is 0 Å². The lowest BCUT2D eigenvalue weighted by Gasteiger charge is -2.08. The van der Waals surface area contributed by atoms with Gasteiger partial charge < -0.3 is 15.0 Å². The number of aromatic amines is 1. The Bertz CT molecular complexity index is 1120. The van der Waals surface area contributed by atoms with E-state index in [0.29, 0.717) is 22.8 Å². The second kappa shape index (κ2) is 8.34. The third kappa shape index (κ3) is 4.64. The predicted molar refractivity (Wildman–Crippen MR) is 107 cm³/mol. The SMILES string of the molecule is CCOc1ccc(C(=O)Nc2ccc(-c3nc(C)cc(=O)[nH]3)cc2)cc1[N+](=O)[O-]. The number of anilines is 1. The van der Waals surface area contributed by atoms with Crippen molar-refractivity contribution in [1.82, 2.24) is 9.97 Å². The minimum absolute atomic E-state index is 0.109. The largest absolute Gasteiger partial charge is 0.487 e. The van der Waals surface area contributed by atoms with Gasteiger partial charge in [0.05, 0.1) is 11.5 Å². The van der Waals surface area contributed by atoms with Crippen LogP contribution in [0.1, 0.15) is 23.0 Å². The Morgan fingerprint density at radius 2 is 1.93 bits per heavy atom. The number of aryl methyl sites for hydroxylation is 1. The summed E-state index contributed by atoms with van der Waals surface area (Å²) < 4.78 is 5.22. The smallest absolute Gasteiger partial charge is 0.311 e. The van der Waals surface area contributed by atoms with Crippen LogP contribution in [-0.4, -0.2) is 27.4 Å². The number of nitro benzene ring substituents is 1. The normalized spacial score (nSPS) is 10.4. The molecule has 3 rings (SSSR count). The highest BCUT2D eigenvalue weighted by Crippen LogP contribution is 2.28. The fraction of sp³-hybridized carbons (Fsp3) is 0.150. The fourth-order valence-electron chi connectivity index (χ4n) is 2.71. The van der Waals surface area contributed by atoms with Gasteiger partial charge in [0.15, 0.2) is 5.75 Å². The quantitative estimate of drug-likeness (QED) is 0.488. The lowest BCUT2D eigenvalue weighted by atomic mass is 10.1. The first kappa shape index (κ1) is 19.7. The second-order valence-corrected chi connectivity index (χ2v) is 6.14. The lowest BCUT2D eigenvalue weighted by Crippen LogP contribution is -2.12. The maximum Gasteiger partial charge on any atom is 0.311 e. The monoisotopic (exact) mass is 394 g/mol. The lowest BCUT2D eigenvalue weighted by molar-refractivity contribution is -0.385. The van der Waals surface area contributed by atoms with Crippen LogP contribution in [0, 0.1) is 17.0 Å². The van der Waals surface area contributed by atoms with E-state index in [1.165, 1.54) is 24.3 Å². The molecule has 0 radical (unpaired) electrons. The summed E-state index contributed by atoms with van der Waals surface area (Å²) in [5.41, 5.74) is 1.38. The summed E-state index contributed by atoms with van der Waals surface area (Å²) in [4.78, 5) is 41.6. The van der Waals surface area contributed by atoms with Crippen molar-refractivity contribution < 1.29 is 14.5 Å². The van der Waals surface area contributed by atoms with Gasteiger partial charge in [0.25, 0.3) is 11.5 Å². The van der Waals surface area contributed by atoms with Crippen LogP contribution in [-0.2, 0) is 0 Å². The molecule has 2 aromatic carbocycles. The number of rotatable bonds is 6. The van der Waals surface area contributed by atoms with Gasteiger partial charge in [0.2, 0.25) is 0 Å². The highest BCUT2D eigenvalue weighted by molar-refractivity contribution is 6.04. The summed E-state index contributed by atoms with van der Waals surface area (Å²) in [6.07, 6.45) is 0. The van der Waals surface area contributed by atoms with Crippen LogP contribution in [0.5, 0.6) is 5.75 Å². The summed E-state index contributed by atoms with van der Waals surface area (Å²) in [5, 5.41) is 13.9. The van der Waals surface area contributed by atoms with E-state index in [4.69, 9.17) is 4.74 Å². The molecule has 0 aliphatic heterocycles. The van der Waals surface area contributed by atoms with E-state index in [9.17, 15) is 19.7 Å². The van der Waals surface area contributed by atoms with Gasteiger partial charge in [0, 0.05) is 34.6 Å². The molecule has 0 saturated carbocycles. The molecule has 29 heavy (non-hydrogen) atoms. The van der Waals surface area contributed by atoms with Crippen molar-refractivity contribution in [1.29, 1.82) is 0 Å². The zero-order valence-electron chi connectivity index (χ0n) is 15.8. The minimum Gasteiger partial charge on any atom is -0.487 e. The van der Waals surface area contributed by atoms with E-state index in [0.717, 1.165) is 0 Å². The van der Waals surface area contributed by atoms with Crippen molar-refractivity contribution in [2.75, 3.05) is 11.9 Å². The highest BCUT2D eigenvalue weighted by Gasteiger charge is 2.18. The number of nitrogens with zero attached hydrogens (tertiary/aromatic N) is 2. The van der Waals surface area contributed by atoms with Gasteiger partial charge in [-0.3, -0.25) is 19.7 Å². The van der Waals surface area contributed by atoms with Crippen LogP contribution >= 0.6 is 0 Å². The molecule has 0 bridgehead atoms. The number of nitro groups is 1. The highest BCUT2D eigenvalue weighted by atomic mass is 16.6. The van der Waals surface area contributed by atoms with Gasteiger partial charge in [-0.2, -0.15) is 0 Å². The predicted octanol–water partition coefficient (Wildman–Crippen LogP) is 3.30. The van der Waals surface area contributed by atoms with Crippen molar-refractivity contribution in [2.24, 2.45) is 0 Å². The molecule has 0 unspecified atom stereocenters. The molecule has 2 N–H and O–H groups in total. The summed E-state index contributed by atoms with van der Waals surface area (Å²) >= 11 is 0. The van der Waals surface area contributed by atoms with Crippen LogP contribution in [0.3, 0.4) is 0 Å². The molecule has 0 aliphatic carbocycles. The van der Waals surface area contributed by atoms with E-state index in [1.54, 1.807) is 38.1 Å². The number of aromatic nitrogens is 2. The summed E-state index contributed by atoms with van der Waals surface area (Å²) in [6.45, 7) is 3.72. The number of H-pyrrole nitrogens is 1. The summed E-state index contributed by atoms with van der Waals surface area (Å²) in [5.74, 6) is 0.0408. The second-order valence-electron chi connectivity index (χ2n) is 6.14. The molecule has 1 aromatic heterocycles. The average Bonchev–Trinajstić information content (AvgIpc) is 2.68. The molecule has 0 fully saturated rings. The summed E-state index contributed by atoms with van der Waals surface area (Å²) in [6, 6.07) is 12.1. The van der Waals surface area contributed by atoms with E-state index >= 15 is 0 Å². The number of ether oxygens (including phenoxy) is 1. The molecule has 0 spiro atoms. The molecule has 0 atom stereocenters. The third-order valence-corrected chi connectivity index (χ3v) is 4.00. The van der Waals surface area contributed by atoms with Crippen LogP contribution in [0.15, 0.2) is 53.3 Å². The van der Waals surface area contributed by atoms with E-state index in [2.05, 4.69) is 15.3 Å². The Kier molecular flexibility index (Phi) is 5.68. The van der Waals surface area contributed by atoms with Crippen LogP contribution in [0.4, 0.5) is 11.4 Å². The number of amides is 1. The van der Waals surface area contributed by atoms with E-state index < -0.39 is 10.8 Å². The number of benzene rings is 2. The van der Waals surface area contributed by atoms with Crippen LogP contribution in [0.2, 0.25) is 0 Å². The Hall–Kier alpha value is -4.01. The zero-order valence-corrected chi connectivity index (χ0v) is 15.8. The Balaban J connectivity index is 1.79. The van der Waals surface area contributed by atoms with Crippen LogP contribution in [0.25, 0.3) is 11.4 Å². The number of carbonyl (C=O) groups is 1. The molecule has 1 heterocycles. The first-order chi connectivity index (χ1) is 13.9. The van der Waals surface area contributed by atoms with Crippen molar-refractivity contribution in [3.8, 4) is 17.1 Å². The third-order valence-electron chi connectivity index (χ3n) is 4.00. The van der Waals surface area contributed by atoms with Crippen molar-refractivity contribution >= 4 is 17.3 Å². The molecule has 0 saturated heterocycles. The molecule has 148 valence electrons. The fourth-order valence-corrected chi connectivity index (χ4v) is 2.71. The first-order valence-corrected chi connectivity index (χ1v) is 8.78. The van der Waals surface area contributed by atoms with Crippen molar-refractivity contribution in [3.05, 3.63) is 80.3 Å². The number of nitrogens with one attached hydrogen (secondary N) is 2. The van der Waals surface area contributed by atoms with Crippen molar-refractivity contribution in [2.45, 2.75) is 13.8 Å². The van der Waals surface area contributed by atoms with E-state index in [-0.39, 0.29) is 29.2 Å². The number of hydrogen-bond donors (Lipinski definition) is 2. The van der Waals surface area contributed by atoms with E-state index in [1.807, 2.05) is 0 Å². The van der Waals surface area contributed by atoms with Crippen LogP contribution < -0.4 is 15.6 Å². The standard InChI is InChI=1S/C20H18N4O5/c1-3-29-17-9-6-14(11-16(17)24(27)28)20(26)22-15-7-4-13(5-8-15)19-21-12(2)10-18(25)23-19/h4-11H,3H2,1-2H3,(H,22,26)(H,21,23,25). The maximum atomic E-state index is 12.5. The molecule has 0 aliphatic rings. The minimum atomic E-state index is -0.591. The molecular weight excluding hydrogens is 376 g/mol. The molecule has 1 amide bonds. The topological polar surface area (TPSA) is 127 Å². The Morgan fingerprint density at radius 1 is 1.21 bits per heavy atom. The van der Waals surface area contributed by atoms with Gasteiger partial charge in [-0.1, -0.05) is 0 Å². The van der Waals surface area contributed by atoms with Gasteiger partial charge in [-0.05, 0) is 50.2 Å². The zero-order chi connectivity index (χ0) is 21.0. The molecule has 9 heteroatoms. The van der Waals surface area contributed by atoms with Crippen molar-refractivity contribution in [3.63, 3.8) is 0 Å². The first-order valence-electron chi connectivity index (χ1n) is 8.78. The molecular formula is C20H18N4O5. The number of hydrogen-bond acceptors (Lipinski definition) is 6. The van der Waals surface area contributed by atoms with Gasteiger partial charge in [0.1, 0.15) is 5.82 Å². The van der Waals surface area contributed by atoms with Gasteiger partial charge in [-0.25, -0.2) is 4.98 Å². The Labute approximate surface area is 165 Å². The summed E-state index contributed by atoms with van der Waals surface area (Å²) in [7, 11) is 0. The Morgan fingerprint density at radius 3 is 2.55 bits per heavy atom. The van der Waals surface area contributed by atoms with Gasteiger partial charge >= 0.3 is 5.69 Å². The molecule has 3 aromatic rings.